The summed E-state index contributed by atoms with van der Waals surface area (Å²) in [5, 5.41) is 7.04. The lowest BCUT2D eigenvalue weighted by Crippen LogP contribution is -2.34. The molecule has 0 aliphatic carbocycles. The first-order valence-corrected chi connectivity index (χ1v) is 10.1. The van der Waals surface area contributed by atoms with E-state index in [1.54, 1.807) is 0 Å². The minimum Gasteiger partial charge on any atom is -0.488 e. The Bertz CT molecular complexity index is 1090. The Balaban J connectivity index is 1.50. The monoisotopic (exact) mass is 455 g/mol. The van der Waals surface area contributed by atoms with Crippen molar-refractivity contribution in [3.05, 3.63) is 99.5 Å². The van der Waals surface area contributed by atoms with Gasteiger partial charge in [0, 0.05) is 11.1 Å². The Hall–Kier alpha value is -3.35. The first-order valence-electron chi connectivity index (χ1n) is 9.34. The number of nitrogens with zero attached hydrogens (tertiary/aromatic N) is 1. The number of hydrogen-bond acceptors (Lipinski definition) is 4. The predicted molar refractivity (Wildman–Crippen MR) is 122 cm³/mol. The minimum atomic E-state index is -0.479. The normalized spacial score (nSPS) is 10.6. The first-order chi connectivity index (χ1) is 15.0. The van der Waals surface area contributed by atoms with Crippen LogP contribution in [0.1, 0.15) is 21.5 Å². The highest BCUT2D eigenvalue weighted by Crippen LogP contribution is 2.22. The van der Waals surface area contributed by atoms with Gasteiger partial charge in [-0.2, -0.15) is 5.10 Å². The summed E-state index contributed by atoms with van der Waals surface area (Å²) >= 11 is 11.7. The van der Waals surface area contributed by atoms with Gasteiger partial charge in [-0.15, -0.1) is 0 Å². The molecular weight excluding hydrogens is 437 g/mol. The van der Waals surface area contributed by atoms with Crippen molar-refractivity contribution in [2.75, 3.05) is 6.54 Å². The van der Waals surface area contributed by atoms with Crippen LogP contribution >= 0.6 is 23.2 Å². The number of hydrazone groups is 1. The number of halogens is 2. The van der Waals surface area contributed by atoms with E-state index in [0.717, 1.165) is 5.56 Å². The molecule has 3 rings (SSSR count). The van der Waals surface area contributed by atoms with Gasteiger partial charge in [0.2, 0.25) is 0 Å². The van der Waals surface area contributed by atoms with Crippen LogP contribution in [0.5, 0.6) is 5.75 Å². The molecule has 0 saturated heterocycles. The highest BCUT2D eigenvalue weighted by Gasteiger charge is 2.09. The molecule has 158 valence electrons. The molecule has 0 radical (unpaired) electrons. The zero-order chi connectivity index (χ0) is 22.1. The fraction of sp³-hybridized carbons (Fsp3) is 0.0870. The Morgan fingerprint density at radius 2 is 1.68 bits per heavy atom. The molecule has 6 nitrogen and oxygen atoms in total. The molecular formula is C23H19Cl2N3O3. The molecule has 0 unspecified atom stereocenters. The van der Waals surface area contributed by atoms with E-state index in [9.17, 15) is 9.59 Å². The molecule has 0 heterocycles. The number of benzene rings is 3. The Morgan fingerprint density at radius 1 is 0.935 bits per heavy atom. The van der Waals surface area contributed by atoms with Crippen LogP contribution in [0.3, 0.4) is 0 Å². The summed E-state index contributed by atoms with van der Waals surface area (Å²) in [7, 11) is 0. The lowest BCUT2D eigenvalue weighted by Gasteiger charge is -2.09. The Kier molecular flexibility index (Phi) is 8.04. The molecule has 31 heavy (non-hydrogen) atoms. The third kappa shape index (κ3) is 6.84. The lowest BCUT2D eigenvalue weighted by atomic mass is 10.2. The zero-order valence-corrected chi connectivity index (χ0v) is 17.9. The molecule has 2 amide bonds. The third-order valence-electron chi connectivity index (χ3n) is 4.14. The van der Waals surface area contributed by atoms with Crippen molar-refractivity contribution in [3.63, 3.8) is 0 Å². The van der Waals surface area contributed by atoms with Crippen LogP contribution in [0.25, 0.3) is 0 Å². The number of rotatable bonds is 8. The number of amides is 2. The highest BCUT2D eigenvalue weighted by molar-refractivity contribution is 6.42. The van der Waals surface area contributed by atoms with E-state index in [4.69, 9.17) is 27.9 Å². The van der Waals surface area contributed by atoms with Crippen molar-refractivity contribution in [1.29, 1.82) is 0 Å². The van der Waals surface area contributed by atoms with E-state index in [1.807, 2.05) is 54.6 Å². The largest absolute Gasteiger partial charge is 0.488 e. The van der Waals surface area contributed by atoms with Gasteiger partial charge < -0.3 is 10.1 Å². The third-order valence-corrected chi connectivity index (χ3v) is 4.88. The minimum absolute atomic E-state index is 0.247. The van der Waals surface area contributed by atoms with Gasteiger partial charge in [0.05, 0.1) is 22.8 Å². The Morgan fingerprint density at radius 3 is 2.45 bits per heavy atom. The zero-order valence-electron chi connectivity index (χ0n) is 16.3. The maximum Gasteiger partial charge on any atom is 0.259 e. The van der Waals surface area contributed by atoms with Crippen molar-refractivity contribution in [1.82, 2.24) is 10.7 Å². The van der Waals surface area contributed by atoms with Gasteiger partial charge >= 0.3 is 0 Å². The molecule has 0 saturated carbocycles. The average molecular weight is 456 g/mol. The topological polar surface area (TPSA) is 79.8 Å². The summed E-state index contributed by atoms with van der Waals surface area (Å²) in [6, 6.07) is 21.6. The molecule has 0 aliphatic rings. The van der Waals surface area contributed by atoms with Crippen LogP contribution in [0.15, 0.2) is 77.9 Å². The van der Waals surface area contributed by atoms with E-state index in [0.29, 0.717) is 28.5 Å². The van der Waals surface area contributed by atoms with E-state index in [2.05, 4.69) is 15.8 Å². The van der Waals surface area contributed by atoms with Crippen molar-refractivity contribution >= 4 is 41.2 Å². The molecule has 3 aromatic carbocycles. The van der Waals surface area contributed by atoms with Gasteiger partial charge in [-0.05, 0) is 35.9 Å². The molecule has 8 heteroatoms. The summed E-state index contributed by atoms with van der Waals surface area (Å²) in [4.78, 5) is 24.1. The maximum absolute atomic E-state index is 12.1. The van der Waals surface area contributed by atoms with Crippen LogP contribution in [0.4, 0.5) is 0 Å². The van der Waals surface area contributed by atoms with Crippen LogP contribution in [-0.4, -0.2) is 24.6 Å². The van der Waals surface area contributed by atoms with Crippen LogP contribution in [0, 0.1) is 0 Å². The maximum atomic E-state index is 12.1. The van der Waals surface area contributed by atoms with Crippen LogP contribution in [0.2, 0.25) is 10.0 Å². The van der Waals surface area contributed by atoms with Gasteiger partial charge in [0.25, 0.3) is 11.8 Å². The molecule has 2 N–H and O–H groups in total. The van der Waals surface area contributed by atoms with E-state index >= 15 is 0 Å². The van der Waals surface area contributed by atoms with Crippen LogP contribution < -0.4 is 15.5 Å². The van der Waals surface area contributed by atoms with Gasteiger partial charge in [-0.25, -0.2) is 5.43 Å². The van der Waals surface area contributed by atoms with Crippen molar-refractivity contribution in [2.24, 2.45) is 5.10 Å². The van der Waals surface area contributed by atoms with Crippen LogP contribution in [-0.2, 0) is 11.4 Å². The standard InChI is InChI=1S/C23H19Cl2N3O3/c24-19-11-10-17(12-20(19)25)23(30)26-14-22(29)28-27-13-18-8-4-5-9-21(18)31-15-16-6-2-1-3-7-16/h1-13H,14-15H2,(H,26,30)(H,28,29)/b27-13-. The SMILES string of the molecule is O=C(CNC(=O)c1ccc(Cl)c(Cl)c1)N/N=C\c1ccccc1OCc1ccccc1. The number of carbonyl (C=O) groups excluding carboxylic acids is 2. The number of hydrogen-bond donors (Lipinski definition) is 2. The number of para-hydroxylation sites is 1. The fourth-order valence-corrected chi connectivity index (χ4v) is 2.87. The number of nitrogens with one attached hydrogen (secondary N) is 2. The highest BCUT2D eigenvalue weighted by atomic mass is 35.5. The smallest absolute Gasteiger partial charge is 0.259 e. The van der Waals surface area contributed by atoms with E-state index in [1.165, 1.54) is 24.4 Å². The van der Waals surface area contributed by atoms with E-state index < -0.39 is 11.8 Å². The lowest BCUT2D eigenvalue weighted by molar-refractivity contribution is -0.120. The molecule has 0 aromatic heterocycles. The predicted octanol–water partition coefficient (Wildman–Crippen LogP) is 4.45. The summed E-state index contributed by atoms with van der Waals surface area (Å²) in [5.41, 5.74) is 4.42. The van der Waals surface area contributed by atoms with Gasteiger partial charge in [0.15, 0.2) is 0 Å². The molecule has 0 fully saturated rings. The van der Waals surface area contributed by atoms with Gasteiger partial charge in [0.1, 0.15) is 12.4 Å². The fourth-order valence-electron chi connectivity index (χ4n) is 2.57. The summed E-state index contributed by atoms with van der Waals surface area (Å²) < 4.78 is 5.85. The van der Waals surface area contributed by atoms with Crippen molar-refractivity contribution in [2.45, 2.75) is 6.61 Å². The summed E-state index contributed by atoms with van der Waals surface area (Å²) in [5.74, 6) is -0.290. The molecule has 0 spiro atoms. The quantitative estimate of drug-likeness (QED) is 0.388. The molecule has 0 atom stereocenters. The average Bonchev–Trinajstić information content (AvgIpc) is 2.79. The Labute approximate surface area is 189 Å². The van der Waals surface area contributed by atoms with Gasteiger partial charge in [-0.3, -0.25) is 9.59 Å². The van der Waals surface area contributed by atoms with Crippen molar-refractivity contribution in [3.8, 4) is 5.75 Å². The second-order valence-corrected chi connectivity index (χ2v) is 7.23. The first kappa shape index (κ1) is 22.3. The second kappa shape index (κ2) is 11.2. The molecule has 0 aliphatic heterocycles. The van der Waals surface area contributed by atoms with Gasteiger partial charge in [-0.1, -0.05) is 65.7 Å². The summed E-state index contributed by atoms with van der Waals surface area (Å²) in [6.07, 6.45) is 1.49. The summed E-state index contributed by atoms with van der Waals surface area (Å²) in [6.45, 7) is 0.168. The van der Waals surface area contributed by atoms with E-state index in [-0.39, 0.29) is 11.6 Å². The number of ether oxygens (including phenoxy) is 1. The van der Waals surface area contributed by atoms with Crippen molar-refractivity contribution < 1.29 is 14.3 Å². The second-order valence-electron chi connectivity index (χ2n) is 6.42. The molecule has 0 bridgehead atoms. The molecule has 3 aromatic rings. The number of carbonyl (C=O) groups is 2.